The molecule has 3 aliphatic rings. The summed E-state index contributed by atoms with van der Waals surface area (Å²) in [5.41, 5.74) is 2.29. The molecule has 3 heterocycles. The van der Waals surface area contributed by atoms with Gasteiger partial charge in [-0.05, 0) is 101 Å². The van der Waals surface area contributed by atoms with E-state index in [-0.39, 0.29) is 41.2 Å². The Bertz CT molecular complexity index is 1970. The van der Waals surface area contributed by atoms with E-state index in [9.17, 15) is 18.8 Å². The summed E-state index contributed by atoms with van der Waals surface area (Å²) in [6.45, 7) is 6.84. The molecule has 11 heteroatoms. The average Bonchev–Trinajstić information content (AvgIpc) is 3.89. The van der Waals surface area contributed by atoms with Gasteiger partial charge in [0, 0.05) is 31.7 Å². The number of fused-ring (bicyclic) bond motifs is 1. The third-order valence-corrected chi connectivity index (χ3v) is 10.6. The summed E-state index contributed by atoms with van der Waals surface area (Å²) < 4.78 is 23.1. The summed E-state index contributed by atoms with van der Waals surface area (Å²) in [5.74, 6) is -0.596. The van der Waals surface area contributed by atoms with Crippen LogP contribution in [0.4, 0.5) is 4.39 Å². The molecule has 49 heavy (non-hydrogen) atoms. The van der Waals surface area contributed by atoms with Crippen molar-refractivity contribution in [3.63, 3.8) is 0 Å². The number of pyridine rings is 1. The Hall–Kier alpha value is -4.19. The average molecular weight is 669 g/mol. The van der Waals surface area contributed by atoms with E-state index in [2.05, 4.69) is 53.3 Å². The molecule has 2 atom stereocenters. The highest BCUT2D eigenvalue weighted by Crippen LogP contribution is 2.41. The van der Waals surface area contributed by atoms with E-state index in [0.29, 0.717) is 31.4 Å². The molecule has 2 aliphatic carbocycles. The molecular formula is C38H45FN6O4. The number of amides is 1. The predicted molar refractivity (Wildman–Crippen MR) is 187 cm³/mol. The van der Waals surface area contributed by atoms with Crippen LogP contribution in [0.5, 0.6) is 0 Å². The Morgan fingerprint density at radius 3 is 2.33 bits per heavy atom. The van der Waals surface area contributed by atoms with Crippen molar-refractivity contribution >= 4 is 16.9 Å². The number of nitrogens with zero attached hydrogens (tertiary/aromatic N) is 5. The second-order valence-corrected chi connectivity index (χ2v) is 14.4. The van der Waals surface area contributed by atoms with Gasteiger partial charge in [0.1, 0.15) is 5.82 Å². The normalized spacial score (nSPS) is 23.9. The maximum Gasteiger partial charge on any atom is 0.337 e. The number of benzene rings is 2. The molecule has 1 aliphatic heterocycles. The number of ether oxygens (including phenoxy) is 1. The van der Waals surface area contributed by atoms with Crippen LogP contribution in [0.1, 0.15) is 64.0 Å². The first-order valence-corrected chi connectivity index (χ1v) is 17.4. The summed E-state index contributed by atoms with van der Waals surface area (Å²) in [6.07, 6.45) is 5.49. The lowest BCUT2D eigenvalue weighted by atomic mass is 9.90. The van der Waals surface area contributed by atoms with Gasteiger partial charge in [-0.2, -0.15) is 0 Å². The molecule has 1 saturated heterocycles. The Labute approximate surface area is 285 Å². The molecule has 2 saturated carbocycles. The molecule has 3 fully saturated rings. The number of nitrogens with one attached hydrogen (secondary N) is 1. The summed E-state index contributed by atoms with van der Waals surface area (Å²) in [7, 11) is 3.86. The summed E-state index contributed by atoms with van der Waals surface area (Å²) in [5, 5.41) is 3.26. The minimum atomic E-state index is -0.641. The van der Waals surface area contributed by atoms with E-state index in [0.717, 1.165) is 55.9 Å². The van der Waals surface area contributed by atoms with Gasteiger partial charge in [-0.3, -0.25) is 24.0 Å². The summed E-state index contributed by atoms with van der Waals surface area (Å²) >= 11 is 0. The van der Waals surface area contributed by atoms with Gasteiger partial charge in [-0.15, -0.1) is 0 Å². The highest BCUT2D eigenvalue weighted by Gasteiger charge is 2.52. The number of halogens is 1. The van der Waals surface area contributed by atoms with Crippen LogP contribution in [-0.4, -0.2) is 80.8 Å². The molecule has 7 rings (SSSR count). The molecule has 2 aromatic carbocycles. The van der Waals surface area contributed by atoms with Crippen LogP contribution < -0.4 is 16.6 Å². The Balaban J connectivity index is 1.16. The lowest BCUT2D eigenvalue weighted by Crippen LogP contribution is -2.50. The zero-order valence-corrected chi connectivity index (χ0v) is 28.7. The number of rotatable bonds is 8. The summed E-state index contributed by atoms with van der Waals surface area (Å²) in [4.78, 5) is 49.8. The third-order valence-electron chi connectivity index (χ3n) is 10.6. The number of likely N-dealkylation sites (N-methyl/N-ethyl adjacent to an activating group) is 1. The first kappa shape index (κ1) is 33.3. The van der Waals surface area contributed by atoms with Gasteiger partial charge in [0.15, 0.2) is 5.65 Å². The monoisotopic (exact) mass is 668 g/mol. The van der Waals surface area contributed by atoms with Gasteiger partial charge < -0.3 is 10.1 Å². The highest BCUT2D eigenvalue weighted by atomic mass is 19.1. The number of morpholine rings is 1. The van der Waals surface area contributed by atoms with Crippen LogP contribution in [0, 0.1) is 5.82 Å². The van der Waals surface area contributed by atoms with Crippen molar-refractivity contribution in [1.29, 1.82) is 0 Å². The number of hydrogen-bond donors (Lipinski definition) is 1. The maximum absolute atomic E-state index is 14.5. The fraction of sp³-hybridized carbons (Fsp3) is 0.474. The Morgan fingerprint density at radius 2 is 1.67 bits per heavy atom. The summed E-state index contributed by atoms with van der Waals surface area (Å²) in [6, 6.07) is 16.7. The van der Waals surface area contributed by atoms with Crippen molar-refractivity contribution in [1.82, 2.24) is 29.2 Å². The standard InChI is InChI=1S/C38H45FN6O4/c1-24-21-43(22-25(2)49-24)23-26-8-10-27(11-9-26)28-6-5-7-32(18-28)44-34-33(19-29(39)20-40-34)35(46)45(37(44)48)31-14-12-30(13-15-31)41-36(47)38(16-17-38)42(3)4/h5-11,18-20,24-25,30-31H,12-17,21-23H2,1-4H3,(H,41,47)/t24-,25+,30?,31?. The van der Waals surface area contributed by atoms with Gasteiger partial charge in [0.2, 0.25) is 5.91 Å². The van der Waals surface area contributed by atoms with Crippen molar-refractivity contribution in [2.75, 3.05) is 27.2 Å². The number of hydrogen-bond acceptors (Lipinski definition) is 7. The quantitative estimate of drug-likeness (QED) is 0.292. The van der Waals surface area contributed by atoms with Gasteiger partial charge in [0.05, 0.1) is 35.0 Å². The lowest BCUT2D eigenvalue weighted by molar-refractivity contribution is -0.128. The van der Waals surface area contributed by atoms with Crippen LogP contribution in [0.25, 0.3) is 27.8 Å². The predicted octanol–water partition coefficient (Wildman–Crippen LogP) is 4.66. The van der Waals surface area contributed by atoms with E-state index in [1.807, 2.05) is 43.3 Å². The Morgan fingerprint density at radius 1 is 0.980 bits per heavy atom. The van der Waals surface area contributed by atoms with Crippen molar-refractivity contribution in [3.8, 4) is 16.8 Å². The molecule has 0 bridgehead atoms. The van der Waals surface area contributed by atoms with E-state index in [4.69, 9.17) is 4.74 Å². The SMILES string of the molecule is C[C@@H]1CN(Cc2ccc(-c3cccc(-n4c(=O)n(C5CCC(NC(=O)C6(N(C)C)CC6)CC5)c(=O)c5cc(F)cnc54)c3)cc2)C[C@H](C)O1. The molecule has 2 aromatic heterocycles. The van der Waals surface area contributed by atoms with Crippen molar-refractivity contribution < 1.29 is 13.9 Å². The molecule has 258 valence electrons. The molecule has 0 spiro atoms. The minimum absolute atomic E-state index is 0.0252. The Kier molecular flexibility index (Phi) is 9.02. The van der Waals surface area contributed by atoms with Gasteiger partial charge in [-0.1, -0.05) is 36.4 Å². The number of aromatic nitrogens is 3. The maximum atomic E-state index is 14.5. The molecular weight excluding hydrogens is 623 g/mol. The zero-order chi connectivity index (χ0) is 34.4. The van der Waals surface area contributed by atoms with Crippen LogP contribution in [0.3, 0.4) is 0 Å². The molecule has 1 N–H and O–H groups in total. The highest BCUT2D eigenvalue weighted by molar-refractivity contribution is 5.89. The first-order valence-electron chi connectivity index (χ1n) is 17.4. The first-order chi connectivity index (χ1) is 23.5. The topological polar surface area (TPSA) is 102 Å². The van der Waals surface area contributed by atoms with Crippen LogP contribution in [-0.2, 0) is 16.1 Å². The van der Waals surface area contributed by atoms with Crippen LogP contribution in [0.15, 0.2) is 70.4 Å². The smallest absolute Gasteiger partial charge is 0.337 e. The largest absolute Gasteiger partial charge is 0.373 e. The third kappa shape index (κ3) is 6.59. The molecule has 1 amide bonds. The second kappa shape index (κ2) is 13.3. The van der Waals surface area contributed by atoms with Crippen molar-refractivity contribution in [2.45, 2.75) is 88.7 Å². The van der Waals surface area contributed by atoms with Crippen LogP contribution in [0.2, 0.25) is 0 Å². The fourth-order valence-electron chi connectivity index (χ4n) is 7.83. The van der Waals surface area contributed by atoms with Crippen molar-refractivity contribution in [3.05, 3.63) is 93.0 Å². The van der Waals surface area contributed by atoms with Crippen LogP contribution >= 0.6 is 0 Å². The van der Waals surface area contributed by atoms with E-state index < -0.39 is 22.6 Å². The lowest BCUT2D eigenvalue weighted by Gasteiger charge is -2.35. The second-order valence-electron chi connectivity index (χ2n) is 14.4. The molecule has 0 radical (unpaired) electrons. The van der Waals surface area contributed by atoms with Gasteiger partial charge >= 0.3 is 5.69 Å². The van der Waals surface area contributed by atoms with E-state index >= 15 is 0 Å². The van der Waals surface area contributed by atoms with Gasteiger partial charge in [0.25, 0.3) is 5.56 Å². The van der Waals surface area contributed by atoms with E-state index in [1.54, 1.807) is 0 Å². The number of carbonyl (C=O) groups excluding carboxylic acids is 1. The fourth-order valence-corrected chi connectivity index (χ4v) is 7.83. The minimum Gasteiger partial charge on any atom is -0.373 e. The van der Waals surface area contributed by atoms with Gasteiger partial charge in [-0.25, -0.2) is 18.7 Å². The molecule has 0 unspecified atom stereocenters. The van der Waals surface area contributed by atoms with Crippen molar-refractivity contribution in [2.24, 2.45) is 0 Å². The molecule has 10 nitrogen and oxygen atoms in total. The zero-order valence-electron chi connectivity index (χ0n) is 28.7. The van der Waals surface area contributed by atoms with E-state index in [1.165, 1.54) is 14.7 Å². The number of carbonyl (C=O) groups is 1. The molecule has 4 aromatic rings.